The van der Waals surface area contributed by atoms with Gasteiger partial charge in [0.05, 0.1) is 11.4 Å². The van der Waals surface area contributed by atoms with Crippen molar-refractivity contribution in [1.29, 1.82) is 0 Å². The van der Waals surface area contributed by atoms with Gasteiger partial charge in [0, 0.05) is 20.1 Å². The largest absolute Gasteiger partial charge is 0.311 e. The van der Waals surface area contributed by atoms with Crippen LogP contribution in [0.25, 0.3) is 0 Å². The average molecular weight is 207 g/mol. The maximum atomic E-state index is 4.44. The summed E-state index contributed by atoms with van der Waals surface area (Å²) in [5.41, 5.74) is 3.06. The van der Waals surface area contributed by atoms with Crippen LogP contribution in [0.15, 0.2) is 6.07 Å². The van der Waals surface area contributed by atoms with Crippen LogP contribution in [0.3, 0.4) is 0 Å². The number of nitrogens with one attached hydrogen (secondary N) is 1. The van der Waals surface area contributed by atoms with Gasteiger partial charge in [-0.1, -0.05) is 13.8 Å². The molecule has 1 aromatic heterocycles. The number of nitrogens with zero attached hydrogens (tertiary/aromatic N) is 2. The minimum Gasteiger partial charge on any atom is -0.311 e. The van der Waals surface area contributed by atoms with Gasteiger partial charge in [-0.05, 0) is 30.7 Å². The zero-order valence-corrected chi connectivity index (χ0v) is 10.0. The zero-order chi connectivity index (χ0) is 10.9. The molecule has 0 unspecified atom stereocenters. The maximum absolute atomic E-state index is 4.44. The second-order valence-corrected chi connectivity index (χ2v) is 5.02. The molecule has 2 rings (SSSR count). The van der Waals surface area contributed by atoms with E-state index in [1.807, 2.05) is 11.7 Å². The third-order valence-electron chi connectivity index (χ3n) is 3.35. The molecule has 1 N–H and O–H groups in total. The first-order valence-corrected chi connectivity index (χ1v) is 5.85. The predicted molar refractivity (Wildman–Crippen MR) is 61.6 cm³/mol. The normalized spacial score (nSPS) is 18.1. The molecule has 0 aromatic carbocycles. The number of aryl methyl sites for hydroxylation is 2. The van der Waals surface area contributed by atoms with Gasteiger partial charge in [-0.2, -0.15) is 5.10 Å². The molecule has 1 aromatic rings. The molecule has 1 saturated carbocycles. The summed E-state index contributed by atoms with van der Waals surface area (Å²) in [6.07, 6.45) is 3.78. The van der Waals surface area contributed by atoms with Crippen molar-refractivity contribution in [2.45, 2.75) is 39.7 Å². The van der Waals surface area contributed by atoms with E-state index in [0.29, 0.717) is 5.41 Å². The van der Waals surface area contributed by atoms with Crippen LogP contribution in [0.5, 0.6) is 0 Å². The molecule has 0 aliphatic heterocycles. The van der Waals surface area contributed by atoms with Crippen LogP contribution in [-0.4, -0.2) is 16.3 Å². The van der Waals surface area contributed by atoms with Gasteiger partial charge >= 0.3 is 0 Å². The second kappa shape index (κ2) is 3.97. The van der Waals surface area contributed by atoms with E-state index in [9.17, 15) is 0 Å². The van der Waals surface area contributed by atoms with Crippen LogP contribution < -0.4 is 5.32 Å². The quantitative estimate of drug-likeness (QED) is 0.799. The highest BCUT2D eigenvalue weighted by Crippen LogP contribution is 2.44. The fourth-order valence-electron chi connectivity index (χ4n) is 1.79. The fraction of sp³-hybridized carbons (Fsp3) is 0.750. The summed E-state index contributed by atoms with van der Waals surface area (Å²) in [6.45, 7) is 6.57. The van der Waals surface area contributed by atoms with Gasteiger partial charge in [-0.25, -0.2) is 0 Å². The van der Waals surface area contributed by atoms with E-state index in [-0.39, 0.29) is 0 Å². The molecule has 84 valence electrons. The van der Waals surface area contributed by atoms with Gasteiger partial charge in [-0.15, -0.1) is 0 Å². The molecule has 15 heavy (non-hydrogen) atoms. The molecule has 1 aliphatic rings. The highest BCUT2D eigenvalue weighted by atomic mass is 15.3. The summed E-state index contributed by atoms with van der Waals surface area (Å²) in [7, 11) is 2.02. The molecule has 3 nitrogen and oxygen atoms in total. The molecular formula is C12H21N3. The molecular weight excluding hydrogens is 186 g/mol. The zero-order valence-electron chi connectivity index (χ0n) is 10.0. The molecule has 1 aliphatic carbocycles. The van der Waals surface area contributed by atoms with E-state index in [2.05, 4.69) is 30.3 Å². The third-order valence-corrected chi connectivity index (χ3v) is 3.35. The lowest BCUT2D eigenvalue weighted by molar-refractivity contribution is 0.490. The Morgan fingerprint density at radius 3 is 2.80 bits per heavy atom. The highest BCUT2D eigenvalue weighted by Gasteiger charge is 2.36. The van der Waals surface area contributed by atoms with Crippen LogP contribution in [-0.2, 0) is 20.0 Å². The summed E-state index contributed by atoms with van der Waals surface area (Å²) in [5.74, 6) is 0. The summed E-state index contributed by atoms with van der Waals surface area (Å²) >= 11 is 0. The van der Waals surface area contributed by atoms with E-state index in [4.69, 9.17) is 0 Å². The van der Waals surface area contributed by atoms with Crippen molar-refractivity contribution in [3.05, 3.63) is 17.5 Å². The first-order valence-electron chi connectivity index (χ1n) is 5.85. The lowest BCUT2D eigenvalue weighted by atomic mass is 10.1. The smallest absolute Gasteiger partial charge is 0.0625 e. The van der Waals surface area contributed by atoms with Gasteiger partial charge in [0.15, 0.2) is 0 Å². The van der Waals surface area contributed by atoms with Gasteiger partial charge in [-0.3, -0.25) is 4.68 Å². The Labute approximate surface area is 91.9 Å². The summed E-state index contributed by atoms with van der Waals surface area (Å²) in [4.78, 5) is 0. The van der Waals surface area contributed by atoms with Gasteiger partial charge in [0.25, 0.3) is 0 Å². The molecule has 0 bridgehead atoms. The lowest BCUT2D eigenvalue weighted by Crippen LogP contribution is -2.22. The minimum absolute atomic E-state index is 0.589. The standard InChI is InChI=1S/C12H21N3/c1-4-10-7-11(15(3)14-10)8-13-9-12(2)5-6-12/h7,13H,4-6,8-9H2,1-3H3. The van der Waals surface area contributed by atoms with Gasteiger partial charge in [0.2, 0.25) is 0 Å². The Kier molecular flexibility index (Phi) is 2.83. The van der Waals surface area contributed by atoms with Crippen molar-refractivity contribution in [2.75, 3.05) is 6.54 Å². The number of rotatable bonds is 5. The Bertz CT molecular complexity index is 337. The molecule has 1 heterocycles. The van der Waals surface area contributed by atoms with Crippen LogP contribution in [0, 0.1) is 5.41 Å². The van der Waals surface area contributed by atoms with Crippen LogP contribution in [0.4, 0.5) is 0 Å². The molecule has 0 amide bonds. The SMILES string of the molecule is CCc1cc(CNCC2(C)CC2)n(C)n1. The summed E-state index contributed by atoms with van der Waals surface area (Å²) in [5, 5.41) is 7.96. The molecule has 0 radical (unpaired) electrons. The van der Waals surface area contributed by atoms with Gasteiger partial charge < -0.3 is 5.32 Å². The fourth-order valence-corrected chi connectivity index (χ4v) is 1.79. The van der Waals surface area contributed by atoms with Crippen LogP contribution in [0.1, 0.15) is 38.1 Å². The van der Waals surface area contributed by atoms with Crippen LogP contribution >= 0.6 is 0 Å². The van der Waals surface area contributed by atoms with E-state index in [1.165, 1.54) is 24.2 Å². The molecule has 0 spiro atoms. The summed E-state index contributed by atoms with van der Waals surface area (Å²) in [6, 6.07) is 2.20. The average Bonchev–Trinajstić information content (AvgIpc) is 2.82. The Morgan fingerprint density at radius 1 is 1.53 bits per heavy atom. The number of hydrogen-bond donors (Lipinski definition) is 1. The first kappa shape index (κ1) is 10.7. The van der Waals surface area contributed by atoms with Crippen molar-refractivity contribution in [3.8, 4) is 0 Å². The minimum atomic E-state index is 0.589. The van der Waals surface area contributed by atoms with E-state index >= 15 is 0 Å². The molecule has 0 saturated heterocycles. The van der Waals surface area contributed by atoms with Crippen LogP contribution in [0.2, 0.25) is 0 Å². The molecule has 0 atom stereocenters. The summed E-state index contributed by atoms with van der Waals surface area (Å²) < 4.78 is 1.99. The maximum Gasteiger partial charge on any atom is 0.0625 e. The highest BCUT2D eigenvalue weighted by molar-refractivity contribution is 5.10. The first-order chi connectivity index (χ1) is 7.13. The Hall–Kier alpha value is -0.830. The number of hydrogen-bond acceptors (Lipinski definition) is 2. The van der Waals surface area contributed by atoms with Crippen molar-refractivity contribution in [2.24, 2.45) is 12.5 Å². The predicted octanol–water partition coefficient (Wildman–Crippen LogP) is 1.87. The van der Waals surface area contributed by atoms with Crippen molar-refractivity contribution in [3.63, 3.8) is 0 Å². The van der Waals surface area contributed by atoms with Gasteiger partial charge in [0.1, 0.15) is 0 Å². The number of aromatic nitrogens is 2. The monoisotopic (exact) mass is 207 g/mol. The molecule has 3 heteroatoms. The Morgan fingerprint density at radius 2 is 2.27 bits per heavy atom. The van der Waals surface area contributed by atoms with E-state index in [0.717, 1.165) is 19.5 Å². The van der Waals surface area contributed by atoms with Crippen molar-refractivity contribution < 1.29 is 0 Å². The topological polar surface area (TPSA) is 29.9 Å². The molecule has 1 fully saturated rings. The van der Waals surface area contributed by atoms with E-state index < -0.39 is 0 Å². The Balaban J connectivity index is 1.84. The lowest BCUT2D eigenvalue weighted by Gasteiger charge is -2.09. The third kappa shape index (κ3) is 2.59. The second-order valence-electron chi connectivity index (χ2n) is 5.02. The van der Waals surface area contributed by atoms with E-state index in [1.54, 1.807) is 0 Å². The van der Waals surface area contributed by atoms with Crippen molar-refractivity contribution in [1.82, 2.24) is 15.1 Å². The van der Waals surface area contributed by atoms with Crippen molar-refractivity contribution >= 4 is 0 Å².